The molecule has 0 aliphatic carbocycles. The van der Waals surface area contributed by atoms with E-state index in [1.165, 1.54) is 18.2 Å². The van der Waals surface area contributed by atoms with Gasteiger partial charge in [0.05, 0.1) is 29.9 Å². The smallest absolute Gasteiger partial charge is 0.411 e. The minimum absolute atomic E-state index is 0.179. The number of piperidine rings is 1. The number of sulfonamides is 1. The maximum absolute atomic E-state index is 12.7. The quantitative estimate of drug-likeness (QED) is 0.362. The SMILES string of the molecule is CS(=O)(=O)Nc1ccc(NC(=O)c2ccc(Cl)cc2)c(NC(=O)OCC2CCN(c3ccncc3)CC2)c1. The summed E-state index contributed by atoms with van der Waals surface area (Å²) in [5, 5.41) is 5.85. The van der Waals surface area contributed by atoms with Gasteiger partial charge in [0.15, 0.2) is 0 Å². The lowest BCUT2D eigenvalue weighted by Gasteiger charge is -2.33. The second-order valence-electron chi connectivity index (χ2n) is 8.95. The molecule has 1 aromatic heterocycles. The van der Waals surface area contributed by atoms with Crippen LogP contribution >= 0.6 is 11.6 Å². The predicted octanol–water partition coefficient (Wildman–Crippen LogP) is 4.82. The first kappa shape index (κ1) is 27.2. The fraction of sp³-hybridized carbons (Fsp3) is 0.269. The van der Waals surface area contributed by atoms with Gasteiger partial charge in [-0.15, -0.1) is 0 Å². The van der Waals surface area contributed by atoms with Gasteiger partial charge in [-0.1, -0.05) is 11.6 Å². The van der Waals surface area contributed by atoms with Crippen molar-refractivity contribution >= 4 is 56.4 Å². The van der Waals surface area contributed by atoms with Crippen LogP contribution in [0.3, 0.4) is 0 Å². The molecule has 0 bridgehead atoms. The molecule has 1 saturated heterocycles. The number of carbonyl (C=O) groups excluding carboxylic acids is 2. The Morgan fingerprint density at radius 2 is 1.68 bits per heavy atom. The molecule has 38 heavy (non-hydrogen) atoms. The van der Waals surface area contributed by atoms with Crippen LogP contribution in [0.15, 0.2) is 67.0 Å². The van der Waals surface area contributed by atoms with Gasteiger partial charge in [-0.25, -0.2) is 13.2 Å². The molecule has 1 aliphatic heterocycles. The van der Waals surface area contributed by atoms with E-state index in [2.05, 4.69) is 25.2 Å². The minimum atomic E-state index is -3.56. The van der Waals surface area contributed by atoms with Gasteiger partial charge >= 0.3 is 6.09 Å². The number of nitrogens with one attached hydrogen (secondary N) is 3. The highest BCUT2D eigenvalue weighted by molar-refractivity contribution is 7.92. The molecule has 4 rings (SSSR count). The third-order valence-corrected chi connectivity index (χ3v) is 6.87. The summed E-state index contributed by atoms with van der Waals surface area (Å²) in [4.78, 5) is 31.7. The van der Waals surface area contributed by atoms with Crippen LogP contribution in [-0.4, -0.2) is 51.4 Å². The lowest BCUT2D eigenvalue weighted by atomic mass is 9.97. The number of ether oxygens (including phenoxy) is 1. The largest absolute Gasteiger partial charge is 0.449 e. The number of hydrogen-bond donors (Lipinski definition) is 3. The lowest BCUT2D eigenvalue weighted by molar-refractivity contribution is 0.102. The van der Waals surface area contributed by atoms with E-state index in [-0.39, 0.29) is 29.6 Å². The van der Waals surface area contributed by atoms with Gasteiger partial charge in [-0.2, -0.15) is 0 Å². The molecule has 200 valence electrons. The highest BCUT2D eigenvalue weighted by Crippen LogP contribution is 2.28. The molecule has 0 radical (unpaired) electrons. The first-order valence-electron chi connectivity index (χ1n) is 11.9. The number of halogens is 1. The van der Waals surface area contributed by atoms with Crippen LogP contribution in [0.25, 0.3) is 0 Å². The molecule has 1 aliphatic rings. The number of benzene rings is 2. The number of carbonyl (C=O) groups is 2. The third-order valence-electron chi connectivity index (χ3n) is 6.01. The maximum atomic E-state index is 12.7. The molecule has 2 aromatic carbocycles. The highest BCUT2D eigenvalue weighted by Gasteiger charge is 2.21. The molecule has 0 spiro atoms. The molecule has 3 aromatic rings. The Morgan fingerprint density at radius 1 is 1.00 bits per heavy atom. The van der Waals surface area contributed by atoms with Crippen molar-refractivity contribution in [1.29, 1.82) is 0 Å². The van der Waals surface area contributed by atoms with Gasteiger partial charge in [0.25, 0.3) is 5.91 Å². The summed E-state index contributed by atoms with van der Waals surface area (Å²) in [5.41, 5.74) is 2.15. The minimum Gasteiger partial charge on any atom is -0.449 e. The van der Waals surface area contributed by atoms with Crippen LogP contribution in [0.2, 0.25) is 5.02 Å². The number of rotatable bonds is 8. The molecule has 12 heteroatoms. The molecule has 1 fully saturated rings. The summed E-state index contributed by atoms with van der Waals surface area (Å²) < 4.78 is 31.2. The van der Waals surface area contributed by atoms with E-state index in [0.29, 0.717) is 10.6 Å². The lowest BCUT2D eigenvalue weighted by Crippen LogP contribution is -2.35. The zero-order valence-corrected chi connectivity index (χ0v) is 22.3. The van der Waals surface area contributed by atoms with E-state index < -0.39 is 22.0 Å². The van der Waals surface area contributed by atoms with Crippen LogP contribution in [0.5, 0.6) is 0 Å². The molecule has 10 nitrogen and oxygen atoms in total. The third kappa shape index (κ3) is 7.83. The zero-order chi connectivity index (χ0) is 27.1. The Morgan fingerprint density at radius 3 is 2.34 bits per heavy atom. The number of nitrogens with zero attached hydrogens (tertiary/aromatic N) is 2. The molecular weight excluding hydrogens is 530 g/mol. The summed E-state index contributed by atoms with van der Waals surface area (Å²) >= 11 is 5.90. The van der Waals surface area contributed by atoms with Crippen molar-refractivity contribution in [1.82, 2.24) is 4.98 Å². The number of hydrogen-bond acceptors (Lipinski definition) is 7. The molecule has 2 heterocycles. The van der Waals surface area contributed by atoms with Crippen molar-refractivity contribution < 1.29 is 22.7 Å². The van der Waals surface area contributed by atoms with Crippen LogP contribution in [-0.2, 0) is 14.8 Å². The van der Waals surface area contributed by atoms with Crippen molar-refractivity contribution in [3.05, 3.63) is 77.6 Å². The molecule has 0 saturated carbocycles. The van der Waals surface area contributed by atoms with E-state index >= 15 is 0 Å². The van der Waals surface area contributed by atoms with E-state index in [4.69, 9.17) is 16.3 Å². The van der Waals surface area contributed by atoms with Gasteiger partial charge < -0.3 is 15.0 Å². The molecule has 3 N–H and O–H groups in total. The van der Waals surface area contributed by atoms with Gasteiger partial charge in [0.2, 0.25) is 10.0 Å². The van der Waals surface area contributed by atoms with Gasteiger partial charge in [0.1, 0.15) is 0 Å². The van der Waals surface area contributed by atoms with Crippen molar-refractivity contribution in [3.63, 3.8) is 0 Å². The zero-order valence-electron chi connectivity index (χ0n) is 20.7. The molecule has 0 unspecified atom stereocenters. The molecule has 2 amide bonds. The summed E-state index contributed by atoms with van der Waals surface area (Å²) in [7, 11) is -3.56. The summed E-state index contributed by atoms with van der Waals surface area (Å²) in [6.07, 6.45) is 5.57. The van der Waals surface area contributed by atoms with Crippen LogP contribution in [0, 0.1) is 5.92 Å². The fourth-order valence-corrected chi connectivity index (χ4v) is 4.76. The molecule has 0 atom stereocenters. The van der Waals surface area contributed by atoms with E-state index in [0.717, 1.165) is 37.9 Å². The highest BCUT2D eigenvalue weighted by atomic mass is 35.5. The average Bonchev–Trinajstić information content (AvgIpc) is 2.89. The van der Waals surface area contributed by atoms with E-state index in [1.807, 2.05) is 12.1 Å². The van der Waals surface area contributed by atoms with Gasteiger partial charge in [-0.05, 0) is 73.4 Å². The second kappa shape index (κ2) is 12.1. The first-order chi connectivity index (χ1) is 18.2. The summed E-state index contributed by atoms with van der Waals surface area (Å²) in [5.74, 6) is -0.219. The second-order valence-corrected chi connectivity index (χ2v) is 11.1. The topological polar surface area (TPSA) is 130 Å². The Hall–Kier alpha value is -3.83. The predicted molar refractivity (Wildman–Crippen MR) is 148 cm³/mol. The fourth-order valence-electron chi connectivity index (χ4n) is 4.08. The van der Waals surface area contributed by atoms with Crippen LogP contribution in [0.1, 0.15) is 23.2 Å². The average molecular weight is 558 g/mol. The summed E-state index contributed by atoms with van der Waals surface area (Å²) in [6, 6.07) is 14.6. The monoisotopic (exact) mass is 557 g/mol. The summed E-state index contributed by atoms with van der Waals surface area (Å²) in [6.45, 7) is 1.93. The van der Waals surface area contributed by atoms with E-state index in [9.17, 15) is 18.0 Å². The standard InChI is InChI=1S/C26H28ClN5O5S/c1-38(35,36)31-21-6-7-23(29-25(33)19-2-4-20(27)5-3-19)24(16-21)30-26(34)37-17-18-10-14-32(15-11-18)22-8-12-28-13-9-22/h2-9,12-13,16,18,31H,10-11,14-15,17H2,1H3,(H,29,33)(H,30,34). The Bertz CT molecular complexity index is 1380. The Balaban J connectivity index is 1.39. The molecular formula is C26H28ClN5O5S. The van der Waals surface area contributed by atoms with Crippen molar-refractivity contribution in [2.24, 2.45) is 5.92 Å². The number of anilines is 4. The van der Waals surface area contributed by atoms with Gasteiger partial charge in [0, 0.05) is 41.8 Å². The van der Waals surface area contributed by atoms with Crippen LogP contribution < -0.4 is 20.3 Å². The van der Waals surface area contributed by atoms with Crippen molar-refractivity contribution in [3.8, 4) is 0 Å². The van der Waals surface area contributed by atoms with Gasteiger partial charge in [-0.3, -0.25) is 19.8 Å². The number of aromatic nitrogens is 1. The van der Waals surface area contributed by atoms with Crippen molar-refractivity contribution in [2.75, 3.05) is 46.2 Å². The van der Waals surface area contributed by atoms with E-state index in [1.54, 1.807) is 36.7 Å². The number of pyridine rings is 1. The first-order valence-corrected chi connectivity index (χ1v) is 14.2. The Labute approximate surface area is 226 Å². The normalized spacial score (nSPS) is 14.0. The van der Waals surface area contributed by atoms with Crippen LogP contribution in [0.4, 0.5) is 27.5 Å². The van der Waals surface area contributed by atoms with Crippen molar-refractivity contribution in [2.45, 2.75) is 12.8 Å². The Kier molecular flexibility index (Phi) is 8.70. The maximum Gasteiger partial charge on any atom is 0.411 e. The number of amides is 2.